The highest BCUT2D eigenvalue weighted by molar-refractivity contribution is 5.82. The largest absolute Gasteiger partial charge is 0.480 e. The van der Waals surface area contributed by atoms with Gasteiger partial charge < -0.3 is 15.7 Å². The Morgan fingerprint density at radius 2 is 1.88 bits per heavy atom. The monoisotopic (exact) mass is 242 g/mol. The lowest BCUT2D eigenvalue weighted by atomic mass is 10.0. The molecule has 1 aliphatic carbocycles. The molecule has 0 saturated heterocycles. The highest BCUT2D eigenvalue weighted by atomic mass is 16.4. The lowest BCUT2D eigenvalue weighted by Crippen LogP contribution is -2.48. The summed E-state index contributed by atoms with van der Waals surface area (Å²) in [6.07, 6.45) is 4.72. The molecule has 17 heavy (non-hydrogen) atoms. The number of carbonyl (C=O) groups excluding carboxylic acids is 1. The summed E-state index contributed by atoms with van der Waals surface area (Å²) in [4.78, 5) is 22.6. The van der Waals surface area contributed by atoms with E-state index in [1.54, 1.807) is 0 Å². The summed E-state index contributed by atoms with van der Waals surface area (Å²) in [5.41, 5.74) is 0. The van der Waals surface area contributed by atoms with E-state index in [9.17, 15) is 9.59 Å². The molecule has 1 atom stereocenters. The predicted molar refractivity (Wildman–Crippen MR) is 64.8 cm³/mol. The number of rotatable bonds is 5. The zero-order valence-electron chi connectivity index (χ0n) is 10.5. The SMILES string of the molecule is CC(C)CC(NC(=O)NC1CCCC1)C(=O)O. The Morgan fingerprint density at radius 1 is 1.29 bits per heavy atom. The summed E-state index contributed by atoms with van der Waals surface area (Å²) < 4.78 is 0. The third-order valence-corrected chi connectivity index (χ3v) is 3.00. The maximum atomic E-state index is 11.6. The van der Waals surface area contributed by atoms with Crippen molar-refractivity contribution < 1.29 is 14.7 Å². The second-order valence-electron chi connectivity index (χ2n) is 5.12. The average molecular weight is 242 g/mol. The molecule has 0 bridgehead atoms. The molecule has 1 aliphatic rings. The number of carbonyl (C=O) groups is 2. The van der Waals surface area contributed by atoms with Gasteiger partial charge in [0.1, 0.15) is 6.04 Å². The number of amides is 2. The zero-order valence-corrected chi connectivity index (χ0v) is 10.5. The van der Waals surface area contributed by atoms with E-state index in [1.807, 2.05) is 13.8 Å². The first-order valence-corrected chi connectivity index (χ1v) is 6.29. The number of hydrogen-bond donors (Lipinski definition) is 3. The third kappa shape index (κ3) is 5.06. The van der Waals surface area contributed by atoms with Gasteiger partial charge in [0.2, 0.25) is 0 Å². The molecule has 0 radical (unpaired) electrons. The van der Waals surface area contributed by atoms with Crippen molar-refractivity contribution in [2.45, 2.75) is 58.0 Å². The maximum absolute atomic E-state index is 11.6. The van der Waals surface area contributed by atoms with E-state index < -0.39 is 12.0 Å². The van der Waals surface area contributed by atoms with E-state index in [2.05, 4.69) is 10.6 Å². The molecule has 0 aromatic rings. The van der Waals surface area contributed by atoms with Crippen LogP contribution in [0.3, 0.4) is 0 Å². The molecule has 0 heterocycles. The first-order valence-electron chi connectivity index (χ1n) is 6.29. The Balaban J connectivity index is 2.37. The molecule has 5 nitrogen and oxygen atoms in total. The van der Waals surface area contributed by atoms with Crippen molar-refractivity contribution in [2.75, 3.05) is 0 Å². The van der Waals surface area contributed by atoms with Crippen molar-refractivity contribution in [2.24, 2.45) is 5.92 Å². The molecule has 1 unspecified atom stereocenters. The Bertz CT molecular complexity index is 273. The summed E-state index contributed by atoms with van der Waals surface area (Å²) in [6.45, 7) is 3.87. The van der Waals surface area contributed by atoms with Crippen LogP contribution in [0.25, 0.3) is 0 Å². The van der Waals surface area contributed by atoms with Gasteiger partial charge in [-0.3, -0.25) is 0 Å². The Kier molecular flexibility index (Phi) is 5.25. The molecule has 0 aliphatic heterocycles. The van der Waals surface area contributed by atoms with Crippen LogP contribution in [0.5, 0.6) is 0 Å². The lowest BCUT2D eigenvalue weighted by Gasteiger charge is -2.19. The van der Waals surface area contributed by atoms with Gasteiger partial charge in [-0.05, 0) is 25.2 Å². The van der Waals surface area contributed by atoms with Gasteiger partial charge in [-0.15, -0.1) is 0 Å². The van der Waals surface area contributed by atoms with Gasteiger partial charge in [-0.2, -0.15) is 0 Å². The first kappa shape index (κ1) is 13.8. The first-order chi connectivity index (χ1) is 7.99. The quantitative estimate of drug-likeness (QED) is 0.687. The van der Waals surface area contributed by atoms with E-state index in [0.717, 1.165) is 25.7 Å². The fourth-order valence-electron chi connectivity index (χ4n) is 2.15. The van der Waals surface area contributed by atoms with Gasteiger partial charge in [-0.1, -0.05) is 26.7 Å². The fourth-order valence-corrected chi connectivity index (χ4v) is 2.15. The number of carboxylic acid groups (broad SMARTS) is 1. The Hall–Kier alpha value is -1.26. The summed E-state index contributed by atoms with van der Waals surface area (Å²) in [5, 5.41) is 14.3. The minimum Gasteiger partial charge on any atom is -0.480 e. The van der Waals surface area contributed by atoms with Gasteiger partial charge in [0.05, 0.1) is 0 Å². The molecule has 0 aromatic carbocycles. The van der Waals surface area contributed by atoms with Crippen molar-refractivity contribution in [1.29, 1.82) is 0 Å². The summed E-state index contributed by atoms with van der Waals surface area (Å²) >= 11 is 0. The zero-order chi connectivity index (χ0) is 12.8. The topological polar surface area (TPSA) is 78.4 Å². The maximum Gasteiger partial charge on any atom is 0.326 e. The smallest absolute Gasteiger partial charge is 0.326 e. The fraction of sp³-hybridized carbons (Fsp3) is 0.833. The van der Waals surface area contributed by atoms with E-state index in [1.165, 1.54) is 0 Å². The number of carboxylic acids is 1. The molecule has 3 N–H and O–H groups in total. The Labute approximate surface area is 102 Å². The summed E-state index contributed by atoms with van der Waals surface area (Å²) in [6, 6.07) is -0.940. The van der Waals surface area contributed by atoms with Gasteiger partial charge in [0.15, 0.2) is 0 Å². The molecule has 98 valence electrons. The molecule has 0 aromatic heterocycles. The van der Waals surface area contributed by atoms with Crippen molar-refractivity contribution >= 4 is 12.0 Å². The van der Waals surface area contributed by atoms with Gasteiger partial charge >= 0.3 is 12.0 Å². The molecule has 1 saturated carbocycles. The van der Waals surface area contributed by atoms with Crippen molar-refractivity contribution in [3.05, 3.63) is 0 Å². The Morgan fingerprint density at radius 3 is 2.35 bits per heavy atom. The number of urea groups is 1. The third-order valence-electron chi connectivity index (χ3n) is 3.00. The second-order valence-corrected chi connectivity index (χ2v) is 5.12. The van der Waals surface area contributed by atoms with Crippen LogP contribution in [0.1, 0.15) is 46.0 Å². The average Bonchev–Trinajstić information content (AvgIpc) is 2.68. The minimum atomic E-state index is -0.972. The minimum absolute atomic E-state index is 0.212. The van der Waals surface area contributed by atoms with Crippen LogP contribution in [0, 0.1) is 5.92 Å². The van der Waals surface area contributed by atoms with Crippen molar-refractivity contribution in [3.8, 4) is 0 Å². The summed E-state index contributed by atoms with van der Waals surface area (Å²) in [7, 11) is 0. The highest BCUT2D eigenvalue weighted by Gasteiger charge is 2.23. The molecule has 5 heteroatoms. The molecule has 1 rings (SSSR count). The number of nitrogens with one attached hydrogen (secondary N) is 2. The molecular formula is C12H22N2O3. The van der Waals surface area contributed by atoms with Crippen LogP contribution in [-0.2, 0) is 4.79 Å². The van der Waals surface area contributed by atoms with Gasteiger partial charge in [0.25, 0.3) is 0 Å². The molecule has 2 amide bonds. The van der Waals surface area contributed by atoms with Crippen LogP contribution >= 0.6 is 0 Å². The van der Waals surface area contributed by atoms with E-state index in [0.29, 0.717) is 6.42 Å². The predicted octanol–water partition coefficient (Wildman–Crippen LogP) is 1.73. The van der Waals surface area contributed by atoms with Crippen molar-refractivity contribution in [3.63, 3.8) is 0 Å². The van der Waals surface area contributed by atoms with Crippen LogP contribution in [0.4, 0.5) is 4.79 Å². The number of hydrogen-bond acceptors (Lipinski definition) is 2. The van der Waals surface area contributed by atoms with Gasteiger partial charge in [0, 0.05) is 6.04 Å². The van der Waals surface area contributed by atoms with E-state index >= 15 is 0 Å². The highest BCUT2D eigenvalue weighted by Crippen LogP contribution is 2.17. The van der Waals surface area contributed by atoms with Crippen LogP contribution < -0.4 is 10.6 Å². The summed E-state index contributed by atoms with van der Waals surface area (Å²) in [5.74, 6) is -0.733. The normalized spacial score (nSPS) is 18.1. The molecular weight excluding hydrogens is 220 g/mol. The van der Waals surface area contributed by atoms with Crippen LogP contribution in [0.2, 0.25) is 0 Å². The number of aliphatic carboxylic acids is 1. The lowest BCUT2D eigenvalue weighted by molar-refractivity contribution is -0.139. The van der Waals surface area contributed by atoms with E-state index in [4.69, 9.17) is 5.11 Å². The van der Waals surface area contributed by atoms with Crippen LogP contribution in [0.15, 0.2) is 0 Å². The molecule has 0 spiro atoms. The van der Waals surface area contributed by atoms with Crippen molar-refractivity contribution in [1.82, 2.24) is 10.6 Å². The van der Waals surface area contributed by atoms with Crippen LogP contribution in [-0.4, -0.2) is 29.2 Å². The van der Waals surface area contributed by atoms with Gasteiger partial charge in [-0.25, -0.2) is 9.59 Å². The van der Waals surface area contributed by atoms with E-state index in [-0.39, 0.29) is 18.0 Å². The second kappa shape index (κ2) is 6.47. The standard InChI is InChI=1S/C12H22N2O3/c1-8(2)7-10(11(15)16)14-12(17)13-9-5-3-4-6-9/h8-10H,3-7H2,1-2H3,(H,15,16)(H2,13,14,17). The molecule has 1 fully saturated rings.